The largest absolute Gasteiger partial charge is 0.394 e. The van der Waals surface area contributed by atoms with Gasteiger partial charge in [0.2, 0.25) is 9.04 Å². The van der Waals surface area contributed by atoms with Gasteiger partial charge in [0.1, 0.15) is 6.79 Å². The molecule has 0 saturated carbocycles. The Balaban J connectivity index is 3.48. The molecule has 0 aromatic rings. The zero-order valence-corrected chi connectivity index (χ0v) is 9.75. The number of hydrogen-bond donors (Lipinski definition) is 0. The molecule has 0 spiro atoms. The van der Waals surface area contributed by atoms with Gasteiger partial charge in [-0.3, -0.25) is 0 Å². The molecule has 0 bridgehead atoms. The van der Waals surface area contributed by atoms with Crippen LogP contribution >= 0.6 is 0 Å². The molecular weight excluding hydrogens is 168 g/mol. The van der Waals surface area contributed by atoms with E-state index in [1.165, 1.54) is 0 Å². The van der Waals surface area contributed by atoms with Crippen LogP contribution in [0.2, 0.25) is 6.04 Å². The Labute approximate surface area is 77.3 Å². The van der Waals surface area contributed by atoms with Crippen LogP contribution in [0.1, 0.15) is 27.7 Å². The van der Waals surface area contributed by atoms with E-state index in [0.29, 0.717) is 6.79 Å². The maximum absolute atomic E-state index is 5.52. The minimum Gasteiger partial charge on any atom is -0.394 e. The van der Waals surface area contributed by atoms with Gasteiger partial charge in [0.05, 0.1) is 5.60 Å². The van der Waals surface area contributed by atoms with Crippen LogP contribution < -0.4 is 0 Å². The zero-order chi connectivity index (χ0) is 9.61. The van der Waals surface area contributed by atoms with Crippen molar-refractivity contribution < 1.29 is 9.16 Å². The van der Waals surface area contributed by atoms with Gasteiger partial charge >= 0.3 is 0 Å². The molecule has 0 fully saturated rings. The summed E-state index contributed by atoms with van der Waals surface area (Å²) in [7, 11) is -1.14. The third-order valence-electron chi connectivity index (χ3n) is 1.44. The van der Waals surface area contributed by atoms with Crippen LogP contribution in [-0.4, -0.2) is 21.4 Å². The second-order valence-corrected chi connectivity index (χ2v) is 6.42. The average molecular weight is 188 g/mol. The Morgan fingerprint density at radius 1 is 1.42 bits per heavy atom. The van der Waals surface area contributed by atoms with E-state index in [2.05, 4.69) is 13.5 Å². The van der Waals surface area contributed by atoms with E-state index in [4.69, 9.17) is 9.16 Å². The van der Waals surface area contributed by atoms with Crippen molar-refractivity contribution in [2.45, 2.75) is 39.3 Å². The summed E-state index contributed by atoms with van der Waals surface area (Å²) in [5.74, 6) is 0. The predicted octanol–water partition coefficient (Wildman–Crippen LogP) is 2.24. The fraction of sp³-hybridized carbons (Fsp3) is 0.778. The first-order chi connectivity index (χ1) is 5.49. The van der Waals surface area contributed by atoms with Crippen LogP contribution in [0.5, 0.6) is 0 Å². The molecule has 0 heterocycles. The Morgan fingerprint density at radius 3 is 2.33 bits per heavy atom. The smallest absolute Gasteiger partial charge is 0.203 e. The van der Waals surface area contributed by atoms with Gasteiger partial charge in [-0.15, -0.1) is 6.58 Å². The van der Waals surface area contributed by atoms with Gasteiger partial charge < -0.3 is 9.16 Å². The van der Waals surface area contributed by atoms with Gasteiger partial charge in [0.25, 0.3) is 0 Å². The third-order valence-corrected chi connectivity index (χ3v) is 3.33. The molecule has 72 valence electrons. The van der Waals surface area contributed by atoms with Crippen LogP contribution in [0, 0.1) is 0 Å². The molecular formula is C9H20O2Si. The number of hydrogen-bond acceptors (Lipinski definition) is 2. The van der Waals surface area contributed by atoms with E-state index in [1.807, 2.05) is 26.5 Å². The molecule has 3 heteroatoms. The quantitative estimate of drug-likeness (QED) is 0.486. The normalized spacial score (nSPS) is 14.3. The van der Waals surface area contributed by atoms with E-state index in [9.17, 15) is 0 Å². The summed E-state index contributed by atoms with van der Waals surface area (Å²) >= 11 is 0. The van der Waals surface area contributed by atoms with Crippen molar-refractivity contribution in [1.29, 1.82) is 0 Å². The fourth-order valence-corrected chi connectivity index (χ4v) is 1.60. The van der Waals surface area contributed by atoms with Crippen molar-refractivity contribution in [2.24, 2.45) is 0 Å². The van der Waals surface area contributed by atoms with Crippen molar-refractivity contribution in [3.05, 3.63) is 12.3 Å². The third kappa shape index (κ3) is 6.58. The molecule has 1 unspecified atom stereocenters. The molecule has 0 saturated heterocycles. The van der Waals surface area contributed by atoms with Crippen molar-refractivity contribution in [2.75, 3.05) is 6.79 Å². The fourth-order valence-electron chi connectivity index (χ4n) is 0.651. The SMILES string of the molecule is C=C[SiH](CC)OCOC(C)(C)C. The molecule has 1 atom stereocenters. The highest BCUT2D eigenvalue weighted by molar-refractivity contribution is 6.57. The lowest BCUT2D eigenvalue weighted by Crippen LogP contribution is -2.24. The number of rotatable bonds is 5. The van der Waals surface area contributed by atoms with E-state index in [-0.39, 0.29) is 5.60 Å². The lowest BCUT2D eigenvalue weighted by Gasteiger charge is -2.20. The Kier molecular flexibility index (Phi) is 5.45. The van der Waals surface area contributed by atoms with Gasteiger partial charge in [-0.1, -0.05) is 12.6 Å². The molecule has 0 rings (SSSR count). The minimum absolute atomic E-state index is 0.103. The lowest BCUT2D eigenvalue weighted by molar-refractivity contribution is -0.0769. The van der Waals surface area contributed by atoms with Crippen LogP contribution in [0.3, 0.4) is 0 Å². The van der Waals surface area contributed by atoms with Crippen molar-refractivity contribution >= 4 is 9.04 Å². The minimum atomic E-state index is -1.14. The standard InChI is InChI=1S/C9H20O2Si/c1-6-12(7-2)11-8-10-9(3,4)5/h6,12H,1,7-8H2,2-5H3. The summed E-state index contributed by atoms with van der Waals surface area (Å²) in [6.07, 6.45) is 0. The summed E-state index contributed by atoms with van der Waals surface area (Å²) in [5, 5.41) is 0. The van der Waals surface area contributed by atoms with Crippen LogP contribution in [0.4, 0.5) is 0 Å². The van der Waals surface area contributed by atoms with Gasteiger partial charge in [0.15, 0.2) is 0 Å². The van der Waals surface area contributed by atoms with E-state index < -0.39 is 9.04 Å². The first kappa shape index (κ1) is 11.9. The maximum atomic E-state index is 5.52. The summed E-state index contributed by atoms with van der Waals surface area (Å²) in [4.78, 5) is 0. The Morgan fingerprint density at radius 2 is 2.00 bits per heavy atom. The van der Waals surface area contributed by atoms with E-state index >= 15 is 0 Å². The van der Waals surface area contributed by atoms with Crippen LogP contribution in [-0.2, 0) is 9.16 Å². The van der Waals surface area contributed by atoms with E-state index in [1.54, 1.807) is 0 Å². The highest BCUT2D eigenvalue weighted by Gasteiger charge is 2.11. The molecule has 0 N–H and O–H groups in total. The summed E-state index contributed by atoms with van der Waals surface area (Å²) in [6.45, 7) is 12.3. The van der Waals surface area contributed by atoms with E-state index in [0.717, 1.165) is 6.04 Å². The lowest BCUT2D eigenvalue weighted by atomic mass is 10.2. The highest BCUT2D eigenvalue weighted by Crippen LogP contribution is 2.07. The summed E-state index contributed by atoms with van der Waals surface area (Å²) < 4.78 is 10.9. The average Bonchev–Trinajstić information content (AvgIpc) is 1.96. The second-order valence-electron chi connectivity index (χ2n) is 3.72. The second kappa shape index (κ2) is 5.51. The monoisotopic (exact) mass is 188 g/mol. The van der Waals surface area contributed by atoms with Crippen molar-refractivity contribution in [3.8, 4) is 0 Å². The van der Waals surface area contributed by atoms with Gasteiger partial charge in [-0.2, -0.15) is 0 Å². The molecule has 0 amide bonds. The summed E-state index contributed by atoms with van der Waals surface area (Å²) in [5.41, 5.74) is 1.83. The highest BCUT2D eigenvalue weighted by atomic mass is 28.3. The Bertz CT molecular complexity index is 129. The first-order valence-corrected chi connectivity index (χ1v) is 6.33. The molecule has 0 aliphatic carbocycles. The van der Waals surface area contributed by atoms with Gasteiger partial charge in [0, 0.05) is 0 Å². The van der Waals surface area contributed by atoms with Gasteiger partial charge in [-0.25, -0.2) is 0 Å². The van der Waals surface area contributed by atoms with Crippen LogP contribution in [0.25, 0.3) is 0 Å². The molecule has 0 aliphatic rings. The molecule has 0 aromatic heterocycles. The topological polar surface area (TPSA) is 18.5 Å². The van der Waals surface area contributed by atoms with Crippen molar-refractivity contribution in [3.63, 3.8) is 0 Å². The zero-order valence-electron chi connectivity index (χ0n) is 8.59. The molecule has 0 aliphatic heterocycles. The van der Waals surface area contributed by atoms with Gasteiger partial charge in [-0.05, 0) is 26.8 Å². The van der Waals surface area contributed by atoms with Crippen molar-refractivity contribution in [1.82, 2.24) is 0 Å². The number of ether oxygens (including phenoxy) is 1. The molecule has 0 aromatic carbocycles. The maximum Gasteiger partial charge on any atom is 0.203 e. The molecule has 0 radical (unpaired) electrons. The molecule has 12 heavy (non-hydrogen) atoms. The van der Waals surface area contributed by atoms with Crippen LogP contribution in [0.15, 0.2) is 12.3 Å². The summed E-state index contributed by atoms with van der Waals surface area (Å²) in [6, 6.07) is 1.08. The predicted molar refractivity (Wildman–Crippen MR) is 54.6 cm³/mol. The molecule has 2 nitrogen and oxygen atoms in total. The first-order valence-electron chi connectivity index (χ1n) is 4.37. The Hall–Kier alpha value is -0.123.